The fourth-order valence-electron chi connectivity index (χ4n) is 1.63. The van der Waals surface area contributed by atoms with Crippen molar-refractivity contribution in [3.8, 4) is 0 Å². The van der Waals surface area contributed by atoms with Gasteiger partial charge in [-0.3, -0.25) is 5.14 Å². The van der Waals surface area contributed by atoms with E-state index in [0.717, 1.165) is 19.3 Å². The first-order valence-electron chi connectivity index (χ1n) is 4.30. The second-order valence-corrected chi connectivity index (χ2v) is 5.03. The van der Waals surface area contributed by atoms with Crippen LogP contribution in [0.25, 0.3) is 0 Å². The molecule has 1 saturated heterocycles. The Balaban J connectivity index is 2.41. The van der Waals surface area contributed by atoms with Gasteiger partial charge in [-0.1, -0.05) is 0 Å². The number of nitrogens with two attached hydrogens (primary N) is 1. The zero-order valence-electron chi connectivity index (χ0n) is 7.71. The third kappa shape index (κ3) is 3.21. The first-order valence-corrected chi connectivity index (χ1v) is 5.68. The monoisotopic (exact) mass is 191 g/mol. The Morgan fingerprint density at radius 1 is 1.67 bits per heavy atom. The minimum Gasteiger partial charge on any atom is -0.371 e. The van der Waals surface area contributed by atoms with Crippen LogP contribution in [-0.2, 0) is 15.7 Å². The Morgan fingerprint density at radius 3 is 2.83 bits per heavy atom. The molecule has 3 nitrogen and oxygen atoms in total. The molecule has 72 valence electrons. The van der Waals surface area contributed by atoms with E-state index in [4.69, 9.17) is 9.88 Å². The Kier molecular flexibility index (Phi) is 3.26. The Morgan fingerprint density at radius 2 is 2.33 bits per heavy atom. The molecule has 2 N–H and O–H groups in total. The van der Waals surface area contributed by atoms with Crippen molar-refractivity contribution in [3.05, 3.63) is 0 Å². The Hall–Kier alpha value is 0.0700. The summed E-state index contributed by atoms with van der Waals surface area (Å²) < 4.78 is 16.4. The van der Waals surface area contributed by atoms with Crippen LogP contribution in [0.4, 0.5) is 0 Å². The lowest BCUT2D eigenvalue weighted by atomic mass is 9.96. The van der Waals surface area contributed by atoms with Crippen LogP contribution >= 0.6 is 0 Å². The Bertz CT molecular complexity index is 182. The quantitative estimate of drug-likeness (QED) is 0.706. The van der Waals surface area contributed by atoms with Gasteiger partial charge in [-0.25, -0.2) is 4.21 Å². The van der Waals surface area contributed by atoms with E-state index >= 15 is 0 Å². The standard InChI is InChI=1S/C8H17NO2S/c1-8(2)5-3-4-7(11-8)6-12(9)10/h7H,3-6,9H2,1-2H3. The summed E-state index contributed by atoms with van der Waals surface area (Å²) in [7, 11) is -1.22. The van der Waals surface area contributed by atoms with Crippen molar-refractivity contribution in [1.82, 2.24) is 0 Å². The average Bonchev–Trinajstić information content (AvgIpc) is 1.82. The molecule has 1 aliphatic heterocycles. The topological polar surface area (TPSA) is 52.3 Å². The van der Waals surface area contributed by atoms with Gasteiger partial charge in [0.15, 0.2) is 0 Å². The summed E-state index contributed by atoms with van der Waals surface area (Å²) in [6.45, 7) is 4.14. The van der Waals surface area contributed by atoms with Gasteiger partial charge in [-0.2, -0.15) is 0 Å². The molecule has 0 bridgehead atoms. The summed E-state index contributed by atoms with van der Waals surface area (Å²) in [6.07, 6.45) is 3.32. The predicted octanol–water partition coefficient (Wildman–Crippen LogP) is 0.956. The van der Waals surface area contributed by atoms with Crippen molar-refractivity contribution >= 4 is 11.0 Å². The highest BCUT2D eigenvalue weighted by atomic mass is 32.2. The maximum absolute atomic E-state index is 10.7. The molecule has 4 heteroatoms. The highest BCUT2D eigenvalue weighted by Gasteiger charge is 2.28. The fraction of sp³-hybridized carbons (Fsp3) is 1.00. The van der Waals surface area contributed by atoms with Gasteiger partial charge in [0.1, 0.15) is 0 Å². The molecule has 1 heterocycles. The number of ether oxygens (including phenoxy) is 1. The van der Waals surface area contributed by atoms with Crippen molar-refractivity contribution in [1.29, 1.82) is 0 Å². The minimum atomic E-state index is -1.22. The number of hydrogen-bond acceptors (Lipinski definition) is 2. The van der Waals surface area contributed by atoms with Crippen molar-refractivity contribution < 1.29 is 8.95 Å². The van der Waals surface area contributed by atoms with Gasteiger partial charge in [-0.15, -0.1) is 0 Å². The third-order valence-corrected chi connectivity index (χ3v) is 2.84. The lowest BCUT2D eigenvalue weighted by Crippen LogP contribution is -2.38. The lowest BCUT2D eigenvalue weighted by molar-refractivity contribution is -0.0961. The minimum absolute atomic E-state index is 0.0533. The lowest BCUT2D eigenvalue weighted by Gasteiger charge is -2.35. The van der Waals surface area contributed by atoms with Crippen LogP contribution in [-0.4, -0.2) is 21.7 Å². The molecule has 1 aliphatic rings. The number of hydrogen-bond donors (Lipinski definition) is 1. The molecule has 0 aromatic rings. The zero-order chi connectivity index (χ0) is 9.19. The summed E-state index contributed by atoms with van der Waals surface area (Å²) in [5.74, 6) is 0.476. The highest BCUT2D eigenvalue weighted by Crippen LogP contribution is 2.27. The van der Waals surface area contributed by atoms with Crippen LogP contribution in [0.15, 0.2) is 0 Å². The average molecular weight is 191 g/mol. The van der Waals surface area contributed by atoms with E-state index in [-0.39, 0.29) is 11.7 Å². The molecule has 0 saturated carbocycles. The maximum atomic E-state index is 10.7. The molecule has 1 rings (SSSR count). The SMILES string of the molecule is CC1(C)CCCC(CS(N)=O)O1. The van der Waals surface area contributed by atoms with Crippen LogP contribution in [0.1, 0.15) is 33.1 Å². The molecule has 12 heavy (non-hydrogen) atoms. The normalized spacial score (nSPS) is 31.4. The Labute approximate surface area is 76.3 Å². The smallest absolute Gasteiger partial charge is 0.0914 e. The van der Waals surface area contributed by atoms with Crippen LogP contribution in [0.3, 0.4) is 0 Å². The third-order valence-electron chi connectivity index (χ3n) is 2.14. The van der Waals surface area contributed by atoms with Gasteiger partial charge in [-0.05, 0) is 33.1 Å². The number of rotatable bonds is 2. The van der Waals surface area contributed by atoms with Crippen molar-refractivity contribution in [3.63, 3.8) is 0 Å². The van der Waals surface area contributed by atoms with Crippen molar-refractivity contribution in [2.75, 3.05) is 5.75 Å². The van der Waals surface area contributed by atoms with Gasteiger partial charge in [0.25, 0.3) is 0 Å². The van der Waals surface area contributed by atoms with E-state index in [0.29, 0.717) is 5.75 Å². The molecular formula is C8H17NO2S. The van der Waals surface area contributed by atoms with Crippen LogP contribution < -0.4 is 5.14 Å². The van der Waals surface area contributed by atoms with E-state index in [9.17, 15) is 4.21 Å². The van der Waals surface area contributed by atoms with Crippen LogP contribution in [0.2, 0.25) is 0 Å². The molecule has 0 spiro atoms. The summed E-state index contributed by atoms with van der Waals surface area (Å²) in [5.41, 5.74) is -0.0533. The summed E-state index contributed by atoms with van der Waals surface area (Å²) in [6, 6.07) is 0. The van der Waals surface area contributed by atoms with Crippen LogP contribution in [0, 0.1) is 0 Å². The molecule has 2 atom stereocenters. The largest absolute Gasteiger partial charge is 0.371 e. The predicted molar refractivity (Wildman–Crippen MR) is 50.0 cm³/mol. The highest BCUT2D eigenvalue weighted by molar-refractivity contribution is 7.82. The molecular weight excluding hydrogens is 174 g/mol. The molecule has 0 aromatic heterocycles. The van der Waals surface area contributed by atoms with Gasteiger partial charge in [0.05, 0.1) is 28.4 Å². The summed E-state index contributed by atoms with van der Waals surface area (Å²) >= 11 is 0. The van der Waals surface area contributed by atoms with Gasteiger partial charge in [0.2, 0.25) is 0 Å². The van der Waals surface area contributed by atoms with Crippen molar-refractivity contribution in [2.45, 2.75) is 44.8 Å². The van der Waals surface area contributed by atoms with E-state index in [1.54, 1.807) is 0 Å². The second kappa shape index (κ2) is 3.85. The molecule has 2 unspecified atom stereocenters. The van der Waals surface area contributed by atoms with E-state index in [1.165, 1.54) is 0 Å². The maximum Gasteiger partial charge on any atom is 0.0914 e. The van der Waals surface area contributed by atoms with E-state index in [1.807, 2.05) is 0 Å². The van der Waals surface area contributed by atoms with Crippen LogP contribution in [0.5, 0.6) is 0 Å². The van der Waals surface area contributed by atoms with Crippen molar-refractivity contribution in [2.24, 2.45) is 5.14 Å². The molecule has 0 amide bonds. The molecule has 0 radical (unpaired) electrons. The molecule has 1 fully saturated rings. The zero-order valence-corrected chi connectivity index (χ0v) is 8.52. The molecule has 0 aliphatic carbocycles. The first kappa shape index (κ1) is 10.2. The van der Waals surface area contributed by atoms with Gasteiger partial charge >= 0.3 is 0 Å². The summed E-state index contributed by atoms with van der Waals surface area (Å²) in [5, 5.41) is 5.20. The summed E-state index contributed by atoms with van der Waals surface area (Å²) in [4.78, 5) is 0. The van der Waals surface area contributed by atoms with E-state index < -0.39 is 11.0 Å². The van der Waals surface area contributed by atoms with E-state index in [2.05, 4.69) is 13.8 Å². The second-order valence-electron chi connectivity index (χ2n) is 3.94. The van der Waals surface area contributed by atoms with Gasteiger partial charge < -0.3 is 4.74 Å². The first-order chi connectivity index (χ1) is 5.49. The van der Waals surface area contributed by atoms with Gasteiger partial charge in [0, 0.05) is 0 Å². The fourth-order valence-corrected chi connectivity index (χ4v) is 2.23. The molecule has 0 aromatic carbocycles.